The molecule has 0 amide bonds. The summed E-state index contributed by atoms with van der Waals surface area (Å²) in [4.78, 5) is 6.74. The second-order valence-corrected chi connectivity index (χ2v) is 7.60. The van der Waals surface area contributed by atoms with Crippen molar-refractivity contribution in [2.24, 2.45) is 4.99 Å². The summed E-state index contributed by atoms with van der Waals surface area (Å²) in [5.41, 5.74) is 0.574. The number of hydrogen-bond acceptors (Lipinski definition) is 3. The average Bonchev–Trinajstić information content (AvgIpc) is 2.93. The molecule has 2 N–H and O–H groups in total. The van der Waals surface area contributed by atoms with Crippen molar-refractivity contribution >= 4 is 57.6 Å². The molecule has 1 aliphatic rings. The highest BCUT2D eigenvalue weighted by Crippen LogP contribution is 2.28. The average molecular weight is 514 g/mol. The third-order valence-electron chi connectivity index (χ3n) is 3.67. The van der Waals surface area contributed by atoms with Gasteiger partial charge in [0.05, 0.1) is 12.1 Å². The molecule has 1 aromatic rings. The van der Waals surface area contributed by atoms with Gasteiger partial charge in [-0.05, 0) is 30.7 Å². The molecular formula is C16H25BrIN3OS. The van der Waals surface area contributed by atoms with Gasteiger partial charge in [0.2, 0.25) is 0 Å². The van der Waals surface area contributed by atoms with E-state index in [2.05, 4.69) is 44.1 Å². The predicted octanol–water partition coefficient (Wildman–Crippen LogP) is 3.33. The molecule has 1 aromatic carbocycles. The van der Waals surface area contributed by atoms with E-state index in [-0.39, 0.29) is 24.0 Å². The zero-order valence-electron chi connectivity index (χ0n) is 13.6. The molecule has 1 heterocycles. The molecule has 1 atom stereocenters. The largest absolute Gasteiger partial charge is 0.387 e. The van der Waals surface area contributed by atoms with E-state index in [1.807, 2.05) is 25.2 Å². The number of guanidine groups is 1. The van der Waals surface area contributed by atoms with Crippen LogP contribution < -0.4 is 5.32 Å². The van der Waals surface area contributed by atoms with Gasteiger partial charge in [-0.1, -0.05) is 34.1 Å². The Bertz CT molecular complexity index is 524. The number of rotatable bonds is 5. The molecule has 0 bridgehead atoms. The number of aliphatic hydroxyl groups is 1. The maximum absolute atomic E-state index is 10.4. The Hall–Kier alpha value is 0.01000. The molecule has 7 heteroatoms. The Morgan fingerprint density at radius 3 is 2.83 bits per heavy atom. The van der Waals surface area contributed by atoms with Gasteiger partial charge in [0.15, 0.2) is 5.96 Å². The van der Waals surface area contributed by atoms with E-state index in [1.54, 1.807) is 11.8 Å². The van der Waals surface area contributed by atoms with E-state index in [9.17, 15) is 5.11 Å². The van der Waals surface area contributed by atoms with Gasteiger partial charge in [0.25, 0.3) is 0 Å². The molecule has 2 rings (SSSR count). The monoisotopic (exact) mass is 513 g/mol. The summed E-state index contributed by atoms with van der Waals surface area (Å²) >= 11 is 5.38. The summed E-state index contributed by atoms with van der Waals surface area (Å²) in [6.45, 7) is 4.09. The zero-order chi connectivity index (χ0) is 16.0. The summed E-state index contributed by atoms with van der Waals surface area (Å²) in [6, 6.07) is 8.20. The van der Waals surface area contributed by atoms with Crippen molar-refractivity contribution in [2.75, 3.05) is 31.6 Å². The van der Waals surface area contributed by atoms with Crippen LogP contribution in [0.15, 0.2) is 33.7 Å². The minimum absolute atomic E-state index is 0. The first-order valence-electron chi connectivity index (χ1n) is 7.57. The van der Waals surface area contributed by atoms with Crippen molar-refractivity contribution in [3.05, 3.63) is 34.3 Å². The lowest BCUT2D eigenvalue weighted by atomic mass is 10.0. The summed E-state index contributed by atoms with van der Waals surface area (Å²) in [7, 11) is 2.02. The Morgan fingerprint density at radius 2 is 2.22 bits per heavy atom. The molecule has 1 aliphatic heterocycles. The summed E-state index contributed by atoms with van der Waals surface area (Å²) in [5, 5.41) is 13.7. The Balaban J connectivity index is 0.00000264. The Kier molecular flexibility index (Phi) is 9.25. The van der Waals surface area contributed by atoms with E-state index in [4.69, 9.17) is 0 Å². The first kappa shape index (κ1) is 21.1. The highest BCUT2D eigenvalue weighted by molar-refractivity contribution is 14.0. The molecule has 4 nitrogen and oxygen atoms in total. The van der Waals surface area contributed by atoms with Crippen LogP contribution in [0.25, 0.3) is 0 Å². The van der Waals surface area contributed by atoms with Gasteiger partial charge in [-0.15, -0.1) is 24.0 Å². The van der Waals surface area contributed by atoms with Crippen LogP contribution in [-0.4, -0.2) is 53.2 Å². The van der Waals surface area contributed by atoms with Crippen molar-refractivity contribution in [3.63, 3.8) is 0 Å². The zero-order valence-corrected chi connectivity index (χ0v) is 18.3. The molecule has 1 fully saturated rings. The molecule has 1 unspecified atom stereocenters. The smallest absolute Gasteiger partial charge is 0.194 e. The van der Waals surface area contributed by atoms with E-state index < -0.39 is 5.60 Å². The van der Waals surface area contributed by atoms with Gasteiger partial charge < -0.3 is 15.3 Å². The number of nitrogens with zero attached hydrogens (tertiary/aromatic N) is 2. The molecule has 0 spiro atoms. The van der Waals surface area contributed by atoms with Crippen LogP contribution in [-0.2, 0) is 6.54 Å². The third-order valence-corrected chi connectivity index (χ3v) is 5.68. The highest BCUT2D eigenvalue weighted by atomic mass is 127. The van der Waals surface area contributed by atoms with Crippen LogP contribution in [0.2, 0.25) is 0 Å². The van der Waals surface area contributed by atoms with E-state index in [0.717, 1.165) is 41.4 Å². The van der Waals surface area contributed by atoms with Gasteiger partial charge in [-0.2, -0.15) is 11.8 Å². The highest BCUT2D eigenvalue weighted by Gasteiger charge is 2.31. The fourth-order valence-corrected chi connectivity index (χ4v) is 4.06. The topological polar surface area (TPSA) is 47.9 Å². The number of nitrogens with one attached hydrogen (secondary N) is 1. The number of halogens is 2. The second-order valence-electron chi connectivity index (χ2n) is 5.64. The van der Waals surface area contributed by atoms with Crippen LogP contribution in [0.4, 0.5) is 0 Å². The lowest BCUT2D eigenvalue weighted by Crippen LogP contribution is -2.41. The number of benzene rings is 1. The molecule has 0 radical (unpaired) electrons. The Morgan fingerprint density at radius 1 is 1.48 bits per heavy atom. The van der Waals surface area contributed by atoms with E-state index in [1.165, 1.54) is 5.56 Å². The molecule has 0 aromatic heterocycles. The van der Waals surface area contributed by atoms with Gasteiger partial charge in [-0.25, -0.2) is 0 Å². The van der Waals surface area contributed by atoms with Crippen LogP contribution in [0, 0.1) is 0 Å². The molecule has 23 heavy (non-hydrogen) atoms. The van der Waals surface area contributed by atoms with Crippen LogP contribution >= 0.6 is 51.7 Å². The van der Waals surface area contributed by atoms with Crippen molar-refractivity contribution in [1.82, 2.24) is 10.2 Å². The van der Waals surface area contributed by atoms with Crippen molar-refractivity contribution < 1.29 is 5.11 Å². The first-order valence-corrected chi connectivity index (χ1v) is 9.52. The number of aliphatic imine (C=N–C) groups is 1. The third kappa shape index (κ3) is 6.43. The van der Waals surface area contributed by atoms with E-state index >= 15 is 0 Å². The molecule has 0 aliphatic carbocycles. The number of thioether (sulfide) groups is 1. The Labute approximate surface area is 168 Å². The minimum Gasteiger partial charge on any atom is -0.387 e. The maximum atomic E-state index is 10.4. The van der Waals surface area contributed by atoms with Gasteiger partial charge in [-0.3, -0.25) is 4.99 Å². The summed E-state index contributed by atoms with van der Waals surface area (Å²) in [6.07, 6.45) is 0.828. The van der Waals surface area contributed by atoms with Crippen molar-refractivity contribution in [3.8, 4) is 0 Å². The molecule has 1 saturated heterocycles. The summed E-state index contributed by atoms with van der Waals surface area (Å²) in [5.74, 6) is 2.64. The fourth-order valence-electron chi connectivity index (χ4n) is 2.37. The predicted molar refractivity (Wildman–Crippen MR) is 114 cm³/mol. The number of hydrogen-bond donors (Lipinski definition) is 2. The normalized spacial score (nSPS) is 21.0. The van der Waals surface area contributed by atoms with Gasteiger partial charge in [0, 0.05) is 30.4 Å². The van der Waals surface area contributed by atoms with E-state index in [0.29, 0.717) is 6.54 Å². The van der Waals surface area contributed by atoms with Gasteiger partial charge >= 0.3 is 0 Å². The lowest BCUT2D eigenvalue weighted by Gasteiger charge is -2.25. The van der Waals surface area contributed by atoms with Crippen molar-refractivity contribution in [1.29, 1.82) is 0 Å². The van der Waals surface area contributed by atoms with Crippen LogP contribution in [0.5, 0.6) is 0 Å². The van der Waals surface area contributed by atoms with Crippen LogP contribution in [0.3, 0.4) is 0 Å². The quantitative estimate of drug-likeness (QED) is 0.360. The maximum Gasteiger partial charge on any atom is 0.194 e. The summed E-state index contributed by atoms with van der Waals surface area (Å²) < 4.78 is 1.10. The SMILES string of the molecule is CCNC(=NCC1(O)CCSC1)N(C)Cc1ccccc1Br.I. The second kappa shape index (κ2) is 10.1. The van der Waals surface area contributed by atoms with Crippen molar-refractivity contribution in [2.45, 2.75) is 25.5 Å². The minimum atomic E-state index is -0.639. The fraction of sp³-hybridized carbons (Fsp3) is 0.562. The van der Waals surface area contributed by atoms with Crippen LogP contribution in [0.1, 0.15) is 18.9 Å². The van der Waals surface area contributed by atoms with Gasteiger partial charge in [0.1, 0.15) is 0 Å². The molecule has 0 saturated carbocycles. The molecular weight excluding hydrogens is 489 g/mol. The lowest BCUT2D eigenvalue weighted by molar-refractivity contribution is 0.0776. The molecule has 130 valence electrons. The first-order chi connectivity index (χ1) is 10.5. The standard InChI is InChI=1S/C16H24BrN3OS.HI/c1-3-18-15(19-11-16(21)8-9-22-12-16)20(2)10-13-6-4-5-7-14(13)17;/h4-7,21H,3,8-12H2,1-2H3,(H,18,19);1H.